The van der Waals surface area contributed by atoms with Crippen LogP contribution in [0.1, 0.15) is 18.9 Å². The number of rotatable bonds is 2. The number of benzene rings is 1. The molecule has 0 aromatic heterocycles. The summed E-state index contributed by atoms with van der Waals surface area (Å²) in [6.07, 6.45) is 1.30. The SMILES string of the molecule is CC1Sc2cc(CCC#N)ccc2NC1=O. The zero-order valence-electron chi connectivity index (χ0n) is 8.99. The Morgan fingerprint density at radius 2 is 2.38 bits per heavy atom. The van der Waals surface area contributed by atoms with Gasteiger partial charge >= 0.3 is 0 Å². The average Bonchev–Trinajstić information content (AvgIpc) is 2.28. The van der Waals surface area contributed by atoms with Gasteiger partial charge in [-0.1, -0.05) is 6.07 Å². The second-order valence-electron chi connectivity index (χ2n) is 3.74. The number of anilines is 1. The van der Waals surface area contributed by atoms with Gasteiger partial charge in [-0.05, 0) is 31.0 Å². The highest BCUT2D eigenvalue weighted by Gasteiger charge is 2.22. The molecule has 82 valence electrons. The molecule has 1 aromatic carbocycles. The molecule has 0 fully saturated rings. The van der Waals surface area contributed by atoms with E-state index in [1.54, 1.807) is 11.8 Å². The highest BCUT2D eigenvalue weighted by Crippen LogP contribution is 2.36. The summed E-state index contributed by atoms with van der Waals surface area (Å²) in [5, 5.41) is 11.4. The van der Waals surface area contributed by atoms with Crippen LogP contribution in [-0.4, -0.2) is 11.2 Å². The van der Waals surface area contributed by atoms with Crippen LogP contribution in [0.4, 0.5) is 5.69 Å². The van der Waals surface area contributed by atoms with Crippen LogP contribution in [0.25, 0.3) is 0 Å². The van der Waals surface area contributed by atoms with Crippen LogP contribution >= 0.6 is 11.8 Å². The third-order valence-corrected chi connectivity index (χ3v) is 3.66. The van der Waals surface area contributed by atoms with Gasteiger partial charge < -0.3 is 5.32 Å². The van der Waals surface area contributed by atoms with Gasteiger partial charge in [-0.15, -0.1) is 11.8 Å². The summed E-state index contributed by atoms with van der Waals surface area (Å²) in [6, 6.07) is 8.08. The molecule has 1 amide bonds. The second kappa shape index (κ2) is 4.58. The summed E-state index contributed by atoms with van der Waals surface area (Å²) in [5.74, 6) is 0.0577. The van der Waals surface area contributed by atoms with Crippen molar-refractivity contribution < 1.29 is 4.79 Å². The molecule has 0 aliphatic carbocycles. The molecule has 0 spiro atoms. The van der Waals surface area contributed by atoms with Crippen LogP contribution in [0.2, 0.25) is 0 Å². The van der Waals surface area contributed by atoms with Gasteiger partial charge in [0.1, 0.15) is 0 Å². The average molecular weight is 232 g/mol. The van der Waals surface area contributed by atoms with Crippen LogP contribution in [0.3, 0.4) is 0 Å². The molecule has 0 bridgehead atoms. The van der Waals surface area contributed by atoms with Crippen molar-refractivity contribution >= 4 is 23.4 Å². The molecule has 4 heteroatoms. The smallest absolute Gasteiger partial charge is 0.237 e. The van der Waals surface area contributed by atoms with Gasteiger partial charge in [-0.25, -0.2) is 0 Å². The number of nitrogens with one attached hydrogen (secondary N) is 1. The third-order valence-electron chi connectivity index (χ3n) is 2.50. The number of fused-ring (bicyclic) bond motifs is 1. The molecule has 1 unspecified atom stereocenters. The normalized spacial score (nSPS) is 18.5. The van der Waals surface area contributed by atoms with E-state index in [4.69, 9.17) is 5.26 Å². The minimum absolute atomic E-state index is 0.0429. The number of thioether (sulfide) groups is 1. The standard InChI is InChI=1S/C12H12N2OS/c1-8-12(15)14-10-5-4-9(3-2-6-13)7-11(10)16-8/h4-5,7-8H,2-3H2,1H3,(H,14,15). The predicted octanol–water partition coefficient (Wildman–Crippen LogP) is 2.58. The molecule has 1 aliphatic rings. The quantitative estimate of drug-likeness (QED) is 0.852. The summed E-state index contributed by atoms with van der Waals surface area (Å²) in [6.45, 7) is 1.89. The van der Waals surface area contributed by atoms with Gasteiger partial charge in [0.05, 0.1) is 17.0 Å². The number of amides is 1. The maximum Gasteiger partial charge on any atom is 0.237 e. The monoisotopic (exact) mass is 232 g/mol. The third kappa shape index (κ3) is 2.20. The lowest BCUT2D eigenvalue weighted by Crippen LogP contribution is -2.26. The number of aryl methyl sites for hydroxylation is 1. The van der Waals surface area contributed by atoms with Gasteiger partial charge in [0.25, 0.3) is 0 Å². The largest absolute Gasteiger partial charge is 0.324 e. The number of carbonyl (C=O) groups excluding carboxylic acids is 1. The Hall–Kier alpha value is -1.47. The molecule has 3 nitrogen and oxygen atoms in total. The molecule has 1 aliphatic heterocycles. The van der Waals surface area contributed by atoms with E-state index in [-0.39, 0.29) is 11.2 Å². The summed E-state index contributed by atoms with van der Waals surface area (Å²) in [4.78, 5) is 12.5. The van der Waals surface area contributed by atoms with Crippen LogP contribution in [0, 0.1) is 11.3 Å². The first-order chi connectivity index (χ1) is 7.70. The van der Waals surface area contributed by atoms with Crippen molar-refractivity contribution in [3.8, 4) is 6.07 Å². The van der Waals surface area contributed by atoms with Crippen molar-refractivity contribution in [1.82, 2.24) is 0 Å². The lowest BCUT2D eigenvalue weighted by atomic mass is 10.1. The summed E-state index contributed by atoms with van der Waals surface area (Å²) >= 11 is 1.57. The molecular formula is C12H12N2OS. The van der Waals surface area contributed by atoms with E-state index in [0.717, 1.165) is 22.6 Å². The van der Waals surface area contributed by atoms with Gasteiger partial charge in [0.2, 0.25) is 5.91 Å². The first-order valence-electron chi connectivity index (χ1n) is 5.18. The Bertz CT molecular complexity index is 465. The molecule has 2 rings (SSSR count). The Labute approximate surface area is 98.8 Å². The van der Waals surface area contributed by atoms with Crippen LogP contribution < -0.4 is 5.32 Å². The van der Waals surface area contributed by atoms with E-state index in [1.807, 2.05) is 19.1 Å². The van der Waals surface area contributed by atoms with Crippen molar-refractivity contribution in [1.29, 1.82) is 5.26 Å². The predicted molar refractivity (Wildman–Crippen MR) is 64.3 cm³/mol. The van der Waals surface area contributed by atoms with Crippen molar-refractivity contribution in [2.24, 2.45) is 0 Å². The Morgan fingerprint density at radius 1 is 1.56 bits per heavy atom. The molecule has 16 heavy (non-hydrogen) atoms. The molecule has 0 radical (unpaired) electrons. The number of hydrogen-bond donors (Lipinski definition) is 1. The fraction of sp³-hybridized carbons (Fsp3) is 0.333. The number of hydrogen-bond acceptors (Lipinski definition) is 3. The topological polar surface area (TPSA) is 52.9 Å². The molecule has 1 heterocycles. The lowest BCUT2D eigenvalue weighted by Gasteiger charge is -2.21. The molecule has 0 saturated carbocycles. The maximum absolute atomic E-state index is 11.4. The highest BCUT2D eigenvalue weighted by atomic mass is 32.2. The van der Waals surface area contributed by atoms with Crippen molar-refractivity contribution in [2.45, 2.75) is 29.9 Å². The van der Waals surface area contributed by atoms with E-state index in [2.05, 4.69) is 17.5 Å². The Kier molecular flexibility index (Phi) is 3.16. The zero-order chi connectivity index (χ0) is 11.5. The molecule has 0 saturated heterocycles. The summed E-state index contributed by atoms with van der Waals surface area (Å²) in [7, 11) is 0. The maximum atomic E-state index is 11.4. The van der Waals surface area contributed by atoms with Crippen molar-refractivity contribution in [2.75, 3.05) is 5.32 Å². The summed E-state index contributed by atoms with van der Waals surface area (Å²) in [5.41, 5.74) is 2.03. The van der Waals surface area contributed by atoms with Crippen molar-refractivity contribution in [3.05, 3.63) is 23.8 Å². The lowest BCUT2D eigenvalue weighted by molar-refractivity contribution is -0.115. The van der Waals surface area contributed by atoms with Crippen LogP contribution in [0.15, 0.2) is 23.1 Å². The molecule has 1 aromatic rings. The number of carbonyl (C=O) groups is 1. The fourth-order valence-corrected chi connectivity index (χ4v) is 2.61. The zero-order valence-corrected chi connectivity index (χ0v) is 9.80. The van der Waals surface area contributed by atoms with E-state index in [0.29, 0.717) is 6.42 Å². The van der Waals surface area contributed by atoms with E-state index >= 15 is 0 Å². The second-order valence-corrected chi connectivity index (χ2v) is 5.12. The van der Waals surface area contributed by atoms with Gasteiger partial charge in [-0.2, -0.15) is 5.26 Å². The number of nitriles is 1. The first-order valence-corrected chi connectivity index (χ1v) is 6.06. The molecule has 1 atom stereocenters. The van der Waals surface area contributed by atoms with Gasteiger partial charge in [-0.3, -0.25) is 4.79 Å². The Morgan fingerprint density at radius 3 is 3.12 bits per heavy atom. The minimum atomic E-state index is -0.0429. The van der Waals surface area contributed by atoms with E-state index in [9.17, 15) is 4.79 Å². The highest BCUT2D eigenvalue weighted by molar-refractivity contribution is 8.00. The van der Waals surface area contributed by atoms with Gasteiger partial charge in [0.15, 0.2) is 0 Å². The number of nitrogens with zero attached hydrogens (tertiary/aromatic N) is 1. The van der Waals surface area contributed by atoms with Gasteiger partial charge in [0, 0.05) is 11.3 Å². The molecule has 1 N–H and O–H groups in total. The van der Waals surface area contributed by atoms with Crippen LogP contribution in [0.5, 0.6) is 0 Å². The van der Waals surface area contributed by atoms with Crippen LogP contribution in [-0.2, 0) is 11.2 Å². The van der Waals surface area contributed by atoms with Crippen molar-refractivity contribution in [3.63, 3.8) is 0 Å². The first kappa shape index (κ1) is 11.0. The Balaban J connectivity index is 2.23. The van der Waals surface area contributed by atoms with E-state index in [1.165, 1.54) is 0 Å². The minimum Gasteiger partial charge on any atom is -0.324 e. The molecular weight excluding hydrogens is 220 g/mol. The summed E-state index contributed by atoms with van der Waals surface area (Å²) < 4.78 is 0. The van der Waals surface area contributed by atoms with E-state index < -0.39 is 0 Å². The fourth-order valence-electron chi connectivity index (χ4n) is 1.60.